The largest absolute Gasteiger partial charge is 0.358 e. The SMILES string of the molecule is C[C@@]12CCC3[C@@](CCC4[C@@]3(C)CCC[C@@]4(C)NC(=S)N[C@@H]3CCCC[C@H]3N)(CC1=O)C2. The van der Waals surface area contributed by atoms with Crippen molar-refractivity contribution in [1.29, 1.82) is 0 Å². The fraction of sp³-hybridized carbons (Fsp3) is 0.923. The van der Waals surface area contributed by atoms with Crippen LogP contribution in [0.1, 0.15) is 104 Å². The maximum Gasteiger partial charge on any atom is 0.166 e. The van der Waals surface area contributed by atoms with E-state index in [1.54, 1.807) is 0 Å². The topological polar surface area (TPSA) is 67.2 Å². The number of carbonyl (C=O) groups excluding carboxylic acids is 1. The second kappa shape index (κ2) is 7.41. The fourth-order valence-electron chi connectivity index (χ4n) is 9.46. The van der Waals surface area contributed by atoms with Gasteiger partial charge in [0.1, 0.15) is 5.78 Å². The first kappa shape index (κ1) is 22.1. The van der Waals surface area contributed by atoms with Gasteiger partial charge in [-0.25, -0.2) is 0 Å². The molecule has 4 N–H and O–H groups in total. The number of hydrogen-bond acceptors (Lipinski definition) is 3. The molecule has 0 aliphatic heterocycles. The first-order valence-corrected chi connectivity index (χ1v) is 13.4. The Morgan fingerprint density at radius 3 is 2.48 bits per heavy atom. The van der Waals surface area contributed by atoms with Crippen LogP contribution in [-0.4, -0.2) is 28.5 Å². The number of nitrogens with two attached hydrogens (primary N) is 1. The molecule has 8 atom stereocenters. The average molecular weight is 446 g/mol. The van der Waals surface area contributed by atoms with Crippen LogP contribution in [-0.2, 0) is 4.79 Å². The lowest BCUT2D eigenvalue weighted by molar-refractivity contribution is -0.136. The summed E-state index contributed by atoms with van der Waals surface area (Å²) in [4.78, 5) is 12.9. The lowest BCUT2D eigenvalue weighted by Crippen LogP contribution is -2.66. The van der Waals surface area contributed by atoms with Crippen molar-refractivity contribution >= 4 is 23.1 Å². The molecule has 5 aliphatic rings. The van der Waals surface area contributed by atoms with Crippen LogP contribution in [0.4, 0.5) is 0 Å². The highest BCUT2D eigenvalue weighted by molar-refractivity contribution is 7.80. The van der Waals surface area contributed by atoms with Gasteiger partial charge in [-0.2, -0.15) is 0 Å². The van der Waals surface area contributed by atoms with Gasteiger partial charge in [-0.1, -0.05) is 33.1 Å². The van der Waals surface area contributed by atoms with Gasteiger partial charge < -0.3 is 16.4 Å². The minimum absolute atomic E-state index is 0.0276. The molecule has 174 valence electrons. The fourth-order valence-corrected chi connectivity index (χ4v) is 9.84. The molecule has 5 rings (SSSR count). The maximum atomic E-state index is 12.9. The van der Waals surface area contributed by atoms with Crippen molar-refractivity contribution in [3.63, 3.8) is 0 Å². The van der Waals surface area contributed by atoms with Crippen molar-refractivity contribution in [2.24, 2.45) is 33.8 Å². The Morgan fingerprint density at radius 1 is 0.968 bits per heavy atom. The van der Waals surface area contributed by atoms with Crippen LogP contribution in [0.2, 0.25) is 0 Å². The lowest BCUT2D eigenvalue weighted by atomic mass is 9.41. The predicted octanol–water partition coefficient (Wildman–Crippen LogP) is 4.84. The summed E-state index contributed by atoms with van der Waals surface area (Å²) in [5.41, 5.74) is 6.96. The molecule has 2 bridgehead atoms. The number of thiocarbonyl (C=S) groups is 1. The van der Waals surface area contributed by atoms with Crippen LogP contribution in [0.3, 0.4) is 0 Å². The van der Waals surface area contributed by atoms with E-state index in [2.05, 4.69) is 31.4 Å². The summed E-state index contributed by atoms with van der Waals surface area (Å²) < 4.78 is 0. The Morgan fingerprint density at radius 2 is 1.71 bits per heavy atom. The van der Waals surface area contributed by atoms with Gasteiger partial charge in [0.15, 0.2) is 5.11 Å². The summed E-state index contributed by atoms with van der Waals surface area (Å²) in [5, 5.41) is 8.24. The van der Waals surface area contributed by atoms with Crippen molar-refractivity contribution in [2.75, 3.05) is 0 Å². The molecule has 5 saturated carbocycles. The summed E-state index contributed by atoms with van der Waals surface area (Å²) in [6.07, 6.45) is 15.2. The molecule has 0 aromatic heterocycles. The molecule has 0 saturated heterocycles. The van der Waals surface area contributed by atoms with Crippen LogP contribution in [0, 0.1) is 28.1 Å². The van der Waals surface area contributed by atoms with Gasteiger partial charge >= 0.3 is 0 Å². The third-order valence-electron chi connectivity index (χ3n) is 10.9. The van der Waals surface area contributed by atoms with Crippen LogP contribution >= 0.6 is 12.2 Å². The molecule has 0 heterocycles. The molecule has 5 fully saturated rings. The second-order valence-corrected chi connectivity index (χ2v) is 13.2. The third kappa shape index (κ3) is 3.39. The Kier molecular flexibility index (Phi) is 5.29. The number of rotatable bonds is 2. The summed E-state index contributed by atoms with van der Waals surface area (Å²) in [6.45, 7) is 7.25. The standard InChI is InChI=1S/C26H43N3OS/c1-23-13-9-20-24(2)11-6-12-25(3,19(24)10-14-26(20,16-23)15-21(23)30)29-22(31)28-18-8-5-4-7-17(18)27/h17-20H,4-16,27H2,1-3H3,(H2,28,29,31)/t17-,18-,19?,20?,23+,24-,25-,26+/m1/s1. The van der Waals surface area contributed by atoms with Crippen molar-refractivity contribution in [3.8, 4) is 0 Å². The van der Waals surface area contributed by atoms with Gasteiger partial charge in [0, 0.05) is 29.5 Å². The molecule has 0 amide bonds. The van der Waals surface area contributed by atoms with Crippen LogP contribution in [0.25, 0.3) is 0 Å². The lowest BCUT2D eigenvalue weighted by Gasteiger charge is -2.64. The first-order valence-electron chi connectivity index (χ1n) is 13.0. The number of Topliss-reactive ketones (excluding diaryl/α,β-unsaturated/α-hetero) is 1. The van der Waals surface area contributed by atoms with E-state index >= 15 is 0 Å². The monoisotopic (exact) mass is 445 g/mol. The van der Waals surface area contributed by atoms with Crippen LogP contribution in [0.15, 0.2) is 0 Å². The Labute approximate surface area is 194 Å². The number of ketones is 1. The molecular weight excluding hydrogens is 402 g/mol. The quantitative estimate of drug-likeness (QED) is 0.531. The predicted molar refractivity (Wildman–Crippen MR) is 130 cm³/mol. The first-order chi connectivity index (χ1) is 14.6. The summed E-state index contributed by atoms with van der Waals surface area (Å²) in [7, 11) is 0. The highest BCUT2D eigenvalue weighted by Gasteiger charge is 2.67. The van der Waals surface area contributed by atoms with Crippen LogP contribution < -0.4 is 16.4 Å². The Balaban J connectivity index is 1.34. The van der Waals surface area contributed by atoms with Crippen LogP contribution in [0.5, 0.6) is 0 Å². The van der Waals surface area contributed by atoms with Gasteiger partial charge in [-0.05, 0) is 99.6 Å². The van der Waals surface area contributed by atoms with Gasteiger partial charge in [0.05, 0.1) is 0 Å². The smallest absolute Gasteiger partial charge is 0.166 e. The molecule has 4 nitrogen and oxygen atoms in total. The number of hydrogen-bond donors (Lipinski definition) is 3. The molecule has 31 heavy (non-hydrogen) atoms. The maximum absolute atomic E-state index is 12.9. The molecule has 0 radical (unpaired) electrons. The average Bonchev–Trinajstić information content (AvgIpc) is 2.87. The molecule has 0 aromatic carbocycles. The Hall–Kier alpha value is -0.680. The molecule has 2 unspecified atom stereocenters. The number of carbonyl (C=O) groups is 1. The molecule has 1 spiro atoms. The summed E-state index contributed by atoms with van der Waals surface area (Å²) in [6, 6.07) is 0.520. The second-order valence-electron chi connectivity index (χ2n) is 12.8. The summed E-state index contributed by atoms with van der Waals surface area (Å²) in [5.74, 6) is 1.86. The molecule has 5 heteroatoms. The van der Waals surface area contributed by atoms with E-state index < -0.39 is 0 Å². The number of nitrogens with one attached hydrogen (secondary N) is 2. The Bertz CT molecular complexity index is 772. The minimum atomic E-state index is -0.0276. The normalized spacial score (nSPS) is 51.5. The summed E-state index contributed by atoms with van der Waals surface area (Å²) >= 11 is 5.84. The van der Waals surface area contributed by atoms with Gasteiger partial charge in [-0.3, -0.25) is 4.79 Å². The highest BCUT2D eigenvalue weighted by Crippen LogP contribution is 2.71. The zero-order chi connectivity index (χ0) is 22.1. The van der Waals surface area contributed by atoms with E-state index in [4.69, 9.17) is 18.0 Å². The zero-order valence-electron chi connectivity index (χ0n) is 19.9. The van der Waals surface area contributed by atoms with Crippen molar-refractivity contribution < 1.29 is 4.79 Å². The van der Waals surface area contributed by atoms with Crippen molar-refractivity contribution in [1.82, 2.24) is 10.6 Å². The van der Waals surface area contributed by atoms with Gasteiger partial charge in [-0.15, -0.1) is 0 Å². The molecule has 5 aliphatic carbocycles. The van der Waals surface area contributed by atoms with E-state index in [-0.39, 0.29) is 22.4 Å². The van der Waals surface area contributed by atoms with E-state index in [0.29, 0.717) is 29.1 Å². The molecule has 0 aromatic rings. The zero-order valence-corrected chi connectivity index (χ0v) is 20.7. The van der Waals surface area contributed by atoms with E-state index in [1.807, 2.05) is 0 Å². The van der Waals surface area contributed by atoms with E-state index in [9.17, 15) is 4.79 Å². The molecular formula is C26H43N3OS. The minimum Gasteiger partial charge on any atom is -0.358 e. The van der Waals surface area contributed by atoms with Crippen molar-refractivity contribution in [3.05, 3.63) is 0 Å². The van der Waals surface area contributed by atoms with Gasteiger partial charge in [0.2, 0.25) is 0 Å². The van der Waals surface area contributed by atoms with E-state index in [1.165, 1.54) is 51.4 Å². The van der Waals surface area contributed by atoms with E-state index in [0.717, 1.165) is 37.2 Å². The third-order valence-corrected chi connectivity index (χ3v) is 11.1. The van der Waals surface area contributed by atoms with Crippen molar-refractivity contribution in [2.45, 2.75) is 122 Å². The number of fused-ring (bicyclic) bond motifs is 3. The highest BCUT2D eigenvalue weighted by atomic mass is 32.1. The van der Waals surface area contributed by atoms with Gasteiger partial charge in [0.25, 0.3) is 0 Å².